The number of rotatable bonds is 5. The van der Waals surface area contributed by atoms with Crippen molar-refractivity contribution in [1.29, 1.82) is 0 Å². The number of nitrogens with one attached hydrogen (secondary N) is 1. The Balaban J connectivity index is 1.71. The van der Waals surface area contributed by atoms with Gasteiger partial charge in [0.15, 0.2) is 5.82 Å². The van der Waals surface area contributed by atoms with Crippen LogP contribution in [0.2, 0.25) is 0 Å². The van der Waals surface area contributed by atoms with Crippen LogP contribution in [0.15, 0.2) is 15.4 Å². The van der Waals surface area contributed by atoms with E-state index in [1.807, 2.05) is 0 Å². The highest BCUT2D eigenvalue weighted by atomic mass is 32.1. The molecule has 124 valence electrons. The second-order valence-electron chi connectivity index (χ2n) is 6.09. The molecule has 0 saturated carbocycles. The minimum Gasteiger partial charge on any atom is -0.360 e. The Hall–Kier alpha value is -1.89. The molecule has 7 heteroatoms. The second-order valence-corrected chi connectivity index (χ2v) is 7.14. The summed E-state index contributed by atoms with van der Waals surface area (Å²) in [5.41, 5.74) is 1.04. The van der Waals surface area contributed by atoms with Crippen LogP contribution in [-0.2, 0) is 24.2 Å². The zero-order valence-electron chi connectivity index (χ0n) is 13.4. The molecule has 0 fully saturated rings. The molecule has 0 radical (unpaired) electrons. The van der Waals surface area contributed by atoms with Gasteiger partial charge in [0.05, 0.1) is 0 Å². The van der Waals surface area contributed by atoms with Gasteiger partial charge in [-0.2, -0.15) is 0 Å². The number of nitrogens with zero attached hydrogens (tertiary/aromatic N) is 2. The quantitative estimate of drug-likeness (QED) is 0.911. The number of thiazole rings is 1. The van der Waals surface area contributed by atoms with Crippen molar-refractivity contribution in [2.24, 2.45) is 5.92 Å². The van der Waals surface area contributed by atoms with Gasteiger partial charge >= 0.3 is 4.87 Å². The highest BCUT2D eigenvalue weighted by Gasteiger charge is 2.24. The van der Waals surface area contributed by atoms with Crippen molar-refractivity contribution in [2.75, 3.05) is 5.32 Å². The van der Waals surface area contributed by atoms with Gasteiger partial charge in [0.1, 0.15) is 12.3 Å². The molecule has 1 aliphatic rings. The summed E-state index contributed by atoms with van der Waals surface area (Å²) < 4.78 is 6.53. The van der Waals surface area contributed by atoms with Crippen LogP contribution < -0.4 is 10.2 Å². The highest BCUT2D eigenvalue weighted by molar-refractivity contribution is 7.09. The van der Waals surface area contributed by atoms with Crippen molar-refractivity contribution >= 4 is 23.1 Å². The van der Waals surface area contributed by atoms with E-state index in [2.05, 4.69) is 17.4 Å². The van der Waals surface area contributed by atoms with E-state index in [-0.39, 0.29) is 17.3 Å². The topological polar surface area (TPSA) is 77.1 Å². The molecular weight excluding hydrogens is 314 g/mol. The lowest BCUT2D eigenvalue weighted by Crippen LogP contribution is -2.27. The smallest absolute Gasteiger partial charge is 0.308 e. The molecule has 23 heavy (non-hydrogen) atoms. The van der Waals surface area contributed by atoms with Gasteiger partial charge in [0.25, 0.3) is 0 Å². The van der Waals surface area contributed by atoms with Crippen LogP contribution >= 0.6 is 11.3 Å². The predicted octanol–water partition coefficient (Wildman–Crippen LogP) is 2.75. The molecule has 2 aromatic rings. The number of aromatic nitrogens is 2. The van der Waals surface area contributed by atoms with Crippen molar-refractivity contribution in [1.82, 2.24) is 9.72 Å². The van der Waals surface area contributed by atoms with Crippen LogP contribution in [0.1, 0.15) is 42.5 Å². The van der Waals surface area contributed by atoms with Gasteiger partial charge in [-0.1, -0.05) is 36.3 Å². The van der Waals surface area contributed by atoms with Crippen molar-refractivity contribution in [3.63, 3.8) is 0 Å². The number of amides is 1. The lowest BCUT2D eigenvalue weighted by atomic mass is 9.88. The van der Waals surface area contributed by atoms with E-state index in [9.17, 15) is 9.59 Å². The first-order valence-electron chi connectivity index (χ1n) is 8.01. The van der Waals surface area contributed by atoms with Crippen LogP contribution in [0.25, 0.3) is 0 Å². The van der Waals surface area contributed by atoms with E-state index < -0.39 is 0 Å². The first kappa shape index (κ1) is 16.0. The molecule has 0 bridgehead atoms. The van der Waals surface area contributed by atoms with Crippen molar-refractivity contribution in [3.8, 4) is 0 Å². The van der Waals surface area contributed by atoms with Gasteiger partial charge in [-0.25, -0.2) is 0 Å². The fourth-order valence-corrected chi connectivity index (χ4v) is 4.33. The summed E-state index contributed by atoms with van der Waals surface area (Å²) in [5.74, 6) is 1.43. The number of hydrogen-bond acceptors (Lipinski definition) is 5. The Morgan fingerprint density at radius 3 is 3.09 bits per heavy atom. The highest BCUT2D eigenvalue weighted by Crippen LogP contribution is 2.30. The minimum absolute atomic E-state index is 0.0367. The molecule has 0 aromatic carbocycles. The standard InChI is InChI=1S/C16H21N3O3S/c1-3-4-11-5-6-12-13(8-11)23-16(21)19(12)9-15(20)17-14-7-10(2)22-18-14/h7,11H,3-6,8-9H2,1-2H3,(H,17,18,20). The van der Waals surface area contributed by atoms with Crippen molar-refractivity contribution in [3.05, 3.63) is 32.1 Å². The maximum atomic E-state index is 12.2. The fraction of sp³-hybridized carbons (Fsp3) is 0.562. The Kier molecular flexibility index (Phi) is 4.66. The van der Waals surface area contributed by atoms with E-state index in [1.165, 1.54) is 24.2 Å². The van der Waals surface area contributed by atoms with E-state index in [0.717, 1.165) is 29.8 Å². The molecule has 1 aliphatic carbocycles. The molecule has 0 aliphatic heterocycles. The lowest BCUT2D eigenvalue weighted by Gasteiger charge is -2.22. The molecule has 3 rings (SSSR count). The van der Waals surface area contributed by atoms with Crippen LogP contribution in [0.3, 0.4) is 0 Å². The summed E-state index contributed by atoms with van der Waals surface area (Å²) in [6.07, 6.45) is 5.34. The van der Waals surface area contributed by atoms with E-state index >= 15 is 0 Å². The maximum Gasteiger partial charge on any atom is 0.308 e. The molecule has 1 unspecified atom stereocenters. The largest absolute Gasteiger partial charge is 0.360 e. The number of carbonyl (C=O) groups excluding carboxylic acids is 1. The van der Waals surface area contributed by atoms with Gasteiger partial charge in [0, 0.05) is 16.6 Å². The van der Waals surface area contributed by atoms with E-state index in [0.29, 0.717) is 17.5 Å². The molecule has 1 N–H and O–H groups in total. The van der Waals surface area contributed by atoms with Crippen molar-refractivity contribution in [2.45, 2.75) is 52.5 Å². The second kappa shape index (κ2) is 6.70. The molecule has 0 spiro atoms. The van der Waals surface area contributed by atoms with Crippen LogP contribution in [-0.4, -0.2) is 15.6 Å². The molecule has 1 amide bonds. The molecule has 2 aromatic heterocycles. The van der Waals surface area contributed by atoms with Crippen LogP contribution in [0.4, 0.5) is 5.82 Å². The number of hydrogen-bond donors (Lipinski definition) is 1. The average Bonchev–Trinajstić information content (AvgIpc) is 3.03. The summed E-state index contributed by atoms with van der Waals surface area (Å²) in [6, 6.07) is 1.65. The van der Waals surface area contributed by atoms with Crippen LogP contribution in [0.5, 0.6) is 0 Å². The third-order valence-electron chi connectivity index (χ3n) is 4.24. The molecular formula is C16H21N3O3S. The molecule has 0 saturated heterocycles. The predicted molar refractivity (Wildman–Crippen MR) is 88.9 cm³/mol. The number of carbonyl (C=O) groups is 1. The summed E-state index contributed by atoms with van der Waals surface area (Å²) in [6.45, 7) is 3.99. The van der Waals surface area contributed by atoms with Crippen molar-refractivity contribution < 1.29 is 9.32 Å². The number of anilines is 1. The van der Waals surface area contributed by atoms with Gasteiger partial charge < -0.3 is 9.84 Å². The van der Waals surface area contributed by atoms with E-state index in [1.54, 1.807) is 17.6 Å². The zero-order chi connectivity index (χ0) is 16.4. The molecule has 2 heterocycles. The SMILES string of the molecule is CCCC1CCc2c(sc(=O)n2CC(=O)Nc2cc(C)on2)C1. The lowest BCUT2D eigenvalue weighted by molar-refractivity contribution is -0.116. The Morgan fingerprint density at radius 2 is 2.39 bits per heavy atom. The van der Waals surface area contributed by atoms with Gasteiger partial charge in [-0.05, 0) is 32.1 Å². The van der Waals surface area contributed by atoms with E-state index in [4.69, 9.17) is 4.52 Å². The first-order chi connectivity index (χ1) is 11.1. The van der Waals surface area contributed by atoms with Crippen LogP contribution in [0, 0.1) is 12.8 Å². The minimum atomic E-state index is -0.253. The summed E-state index contributed by atoms with van der Waals surface area (Å²) in [5, 5.41) is 6.40. The zero-order valence-corrected chi connectivity index (χ0v) is 14.2. The Bertz CT molecular complexity index is 759. The monoisotopic (exact) mass is 335 g/mol. The summed E-state index contributed by atoms with van der Waals surface area (Å²) in [7, 11) is 0. The Labute approximate surface area is 138 Å². The average molecular weight is 335 g/mol. The van der Waals surface area contributed by atoms with Gasteiger partial charge in [0.2, 0.25) is 5.91 Å². The third kappa shape index (κ3) is 3.55. The summed E-state index contributed by atoms with van der Waals surface area (Å²) in [4.78, 5) is 25.5. The third-order valence-corrected chi connectivity index (χ3v) is 5.28. The van der Waals surface area contributed by atoms with Gasteiger partial charge in [-0.3, -0.25) is 14.2 Å². The summed E-state index contributed by atoms with van der Waals surface area (Å²) >= 11 is 1.29. The first-order valence-corrected chi connectivity index (χ1v) is 8.83. The van der Waals surface area contributed by atoms with Gasteiger partial charge in [-0.15, -0.1) is 0 Å². The number of aryl methyl sites for hydroxylation is 1. The normalized spacial score (nSPS) is 17.0. The number of fused-ring (bicyclic) bond motifs is 1. The fourth-order valence-electron chi connectivity index (χ4n) is 3.18. The Morgan fingerprint density at radius 1 is 1.57 bits per heavy atom. The molecule has 6 nitrogen and oxygen atoms in total. The molecule has 1 atom stereocenters. The maximum absolute atomic E-state index is 12.2.